The summed E-state index contributed by atoms with van der Waals surface area (Å²) in [5.74, 6) is -1.08. The van der Waals surface area contributed by atoms with E-state index in [0.29, 0.717) is 6.08 Å². The summed E-state index contributed by atoms with van der Waals surface area (Å²) in [6.07, 6.45) is -7.01. The van der Waals surface area contributed by atoms with Crippen molar-refractivity contribution >= 4 is 22.6 Å². The highest BCUT2D eigenvalue weighted by Crippen LogP contribution is 2.48. The number of hydrogen-bond acceptors (Lipinski definition) is 3. The van der Waals surface area contributed by atoms with Crippen LogP contribution in [0.15, 0.2) is 36.0 Å². The first-order valence-corrected chi connectivity index (χ1v) is 10.8. The number of nitrogens with zero attached hydrogens (tertiary/aromatic N) is 1. The van der Waals surface area contributed by atoms with Gasteiger partial charge in [0, 0.05) is 17.9 Å². The van der Waals surface area contributed by atoms with Gasteiger partial charge in [0.2, 0.25) is 11.0 Å². The Kier molecular flexibility index (Phi) is 8.15. The molecule has 0 fully saturated rings. The van der Waals surface area contributed by atoms with Gasteiger partial charge in [0.05, 0.1) is 13.7 Å². The van der Waals surface area contributed by atoms with Gasteiger partial charge in [-0.15, -0.1) is 0 Å². The topological polar surface area (TPSA) is 38.8 Å². The van der Waals surface area contributed by atoms with Gasteiger partial charge in [-0.1, -0.05) is 32.0 Å². The van der Waals surface area contributed by atoms with Gasteiger partial charge in [-0.05, 0) is 29.7 Å². The summed E-state index contributed by atoms with van der Waals surface area (Å²) in [6, 6.07) is 6.08. The molecule has 4 nitrogen and oxygen atoms in total. The van der Waals surface area contributed by atoms with Crippen molar-refractivity contribution in [2.45, 2.75) is 49.2 Å². The molecule has 1 aliphatic heterocycles. The van der Waals surface area contributed by atoms with Gasteiger partial charge < -0.3 is 9.47 Å². The summed E-state index contributed by atoms with van der Waals surface area (Å²) >= 11 is 4.38. The molecular formula is C19H21ClF7NO3S. The Morgan fingerprint density at radius 1 is 1.16 bits per heavy atom. The number of hydrogen-bond donors (Lipinski definition) is 0. The Morgan fingerprint density at radius 2 is 1.75 bits per heavy atom. The van der Waals surface area contributed by atoms with Crippen molar-refractivity contribution in [1.29, 1.82) is 0 Å². The predicted octanol–water partition coefficient (Wildman–Crippen LogP) is 6.02. The van der Waals surface area contributed by atoms with E-state index in [2.05, 4.69) is 11.6 Å². The maximum absolute atomic E-state index is 14.1. The number of para-hydroxylation sites is 1. The van der Waals surface area contributed by atoms with Crippen LogP contribution in [0.25, 0.3) is 0 Å². The molecule has 1 heterocycles. The molecule has 13 heteroatoms. The normalized spacial score (nSPS) is 21.5. The van der Waals surface area contributed by atoms with E-state index < -0.39 is 45.6 Å². The summed E-state index contributed by atoms with van der Waals surface area (Å²) in [5.41, 5.74) is -1.51. The Bertz CT molecular complexity index is 858. The second-order valence-electron chi connectivity index (χ2n) is 7.41. The lowest BCUT2D eigenvalue weighted by Gasteiger charge is -2.41. The molecule has 32 heavy (non-hydrogen) atoms. The molecule has 1 aromatic rings. The third-order valence-electron chi connectivity index (χ3n) is 4.49. The van der Waals surface area contributed by atoms with Crippen LogP contribution in [0.1, 0.15) is 31.7 Å². The highest BCUT2D eigenvalue weighted by atomic mass is 35.5. The average Bonchev–Trinajstić information content (AvgIpc) is 2.69. The number of methoxy groups -OCH3 is 1. The molecule has 0 bridgehead atoms. The van der Waals surface area contributed by atoms with E-state index in [1.807, 2.05) is 0 Å². The quantitative estimate of drug-likeness (QED) is 0.316. The number of ether oxygens (including phenoxy) is 2. The van der Waals surface area contributed by atoms with Gasteiger partial charge in [-0.2, -0.15) is 30.7 Å². The van der Waals surface area contributed by atoms with Crippen LogP contribution in [0.5, 0.6) is 5.75 Å². The Morgan fingerprint density at radius 3 is 2.25 bits per heavy atom. The third-order valence-corrected chi connectivity index (χ3v) is 6.33. The summed E-state index contributed by atoms with van der Waals surface area (Å²) in [4.78, 5) is 0. The summed E-state index contributed by atoms with van der Waals surface area (Å²) in [6.45, 7) is 3.08. The zero-order valence-corrected chi connectivity index (χ0v) is 18.7. The van der Waals surface area contributed by atoms with Crippen LogP contribution in [0, 0.1) is 5.92 Å². The molecule has 0 unspecified atom stereocenters. The van der Waals surface area contributed by atoms with E-state index in [1.54, 1.807) is 19.9 Å². The first kappa shape index (κ1) is 26.7. The molecule has 182 valence electrons. The Labute approximate surface area is 187 Å². The maximum Gasteiger partial charge on any atom is 0.431 e. The second kappa shape index (κ2) is 9.76. The fourth-order valence-corrected chi connectivity index (χ4v) is 4.41. The summed E-state index contributed by atoms with van der Waals surface area (Å²) in [5, 5.41) is -10.9. The lowest BCUT2D eigenvalue weighted by Crippen LogP contribution is -2.54. The van der Waals surface area contributed by atoms with E-state index in [-0.39, 0.29) is 34.6 Å². The van der Waals surface area contributed by atoms with Gasteiger partial charge in [0.1, 0.15) is 17.7 Å². The smallest absolute Gasteiger partial charge is 0.431 e. The first-order chi connectivity index (χ1) is 14.6. The molecule has 0 aliphatic carbocycles. The van der Waals surface area contributed by atoms with Crippen molar-refractivity contribution in [2.24, 2.45) is 5.92 Å². The molecule has 0 saturated heterocycles. The molecule has 1 aliphatic rings. The van der Waals surface area contributed by atoms with Crippen LogP contribution in [-0.4, -0.2) is 45.3 Å². The predicted molar refractivity (Wildman–Crippen MR) is 105 cm³/mol. The zero-order chi connectivity index (χ0) is 24.5. The largest absolute Gasteiger partial charge is 0.496 e. The number of rotatable bonds is 8. The minimum absolute atomic E-state index is 0.203. The monoisotopic (exact) mass is 511 g/mol. The van der Waals surface area contributed by atoms with Crippen molar-refractivity contribution in [3.05, 3.63) is 41.6 Å². The highest BCUT2D eigenvalue weighted by Gasteiger charge is 2.64. The fraction of sp³-hybridized carbons (Fsp3) is 0.579. The molecule has 0 spiro atoms. The highest BCUT2D eigenvalue weighted by molar-refractivity contribution is 7.84. The Hall–Kier alpha value is -1.53. The summed E-state index contributed by atoms with van der Waals surface area (Å²) < 4.78 is 119. The van der Waals surface area contributed by atoms with E-state index in [1.165, 1.54) is 25.3 Å². The van der Waals surface area contributed by atoms with E-state index >= 15 is 0 Å². The molecule has 0 aromatic heterocycles. The fourth-order valence-electron chi connectivity index (χ4n) is 3.07. The number of alkyl halides is 8. The van der Waals surface area contributed by atoms with Crippen LogP contribution in [0.3, 0.4) is 0 Å². The zero-order valence-electron chi connectivity index (χ0n) is 17.1. The minimum Gasteiger partial charge on any atom is -0.496 e. The average molecular weight is 512 g/mol. The molecule has 2 rings (SSSR count). The lowest BCUT2D eigenvalue weighted by molar-refractivity contribution is -0.133. The van der Waals surface area contributed by atoms with Crippen molar-refractivity contribution in [3.8, 4) is 5.75 Å². The summed E-state index contributed by atoms with van der Waals surface area (Å²) in [7, 11) is -2.91. The van der Waals surface area contributed by atoms with Crippen molar-refractivity contribution in [1.82, 2.24) is 4.31 Å². The van der Waals surface area contributed by atoms with E-state index in [9.17, 15) is 34.9 Å². The van der Waals surface area contributed by atoms with Crippen LogP contribution in [0.2, 0.25) is 0 Å². The molecule has 0 amide bonds. The molecule has 1 aromatic carbocycles. The van der Waals surface area contributed by atoms with Crippen LogP contribution in [0.4, 0.5) is 30.7 Å². The third kappa shape index (κ3) is 5.69. The lowest BCUT2D eigenvalue weighted by atomic mass is 9.90. The van der Waals surface area contributed by atoms with Gasteiger partial charge >= 0.3 is 16.8 Å². The van der Waals surface area contributed by atoms with Gasteiger partial charge in [0.25, 0.3) is 0 Å². The van der Waals surface area contributed by atoms with Crippen molar-refractivity contribution in [3.63, 3.8) is 0 Å². The van der Waals surface area contributed by atoms with Gasteiger partial charge in [0.15, 0.2) is 0 Å². The number of halogens is 8. The second-order valence-corrected chi connectivity index (χ2v) is 9.28. The maximum atomic E-state index is 14.1. The van der Waals surface area contributed by atoms with Crippen molar-refractivity contribution in [2.75, 3.05) is 13.7 Å². The number of benzene rings is 1. The molecule has 3 atom stereocenters. The van der Waals surface area contributed by atoms with Crippen LogP contribution in [-0.2, 0) is 15.7 Å². The van der Waals surface area contributed by atoms with Gasteiger partial charge in [-0.3, -0.25) is 4.31 Å². The van der Waals surface area contributed by atoms with Gasteiger partial charge in [-0.25, -0.2) is 4.21 Å². The molecule has 0 radical (unpaired) electrons. The van der Waals surface area contributed by atoms with E-state index in [4.69, 9.17) is 9.47 Å². The molecule has 0 N–H and O–H groups in total. The van der Waals surface area contributed by atoms with Crippen molar-refractivity contribution < 1.29 is 44.4 Å². The SMILES string of the molecule is COc1ccccc1[C@H]1C=C(C(F)(F)F)N([S@@](=O)C(F)(F)C(F)(F)Cl)[C@@H](OCC(C)C)C1. The van der Waals surface area contributed by atoms with Crippen LogP contribution < -0.4 is 4.74 Å². The standard InChI is InChI=1S/C19H21ClF7NO3S/c1-11(2)10-31-16-9-12(13-6-4-5-7-14(13)30-3)8-15(17(21,22)23)28(16)32(29)19(26,27)18(20,24)25/h4-8,11-12,16H,9-10H2,1-3H3/t12-,16-,32-/m0/s1. The first-order valence-electron chi connectivity index (χ1n) is 9.30. The van der Waals surface area contributed by atoms with Crippen LogP contribution >= 0.6 is 11.6 Å². The molecule has 0 saturated carbocycles. The van der Waals surface area contributed by atoms with E-state index in [0.717, 1.165) is 0 Å². The minimum atomic E-state index is -5.50. The Balaban J connectivity index is 2.65. The molecular weight excluding hydrogens is 491 g/mol. The number of allylic oxidation sites excluding steroid dienone is 2.